The van der Waals surface area contributed by atoms with Gasteiger partial charge in [0.2, 0.25) is 0 Å². The molecule has 0 amide bonds. The normalized spacial score (nSPS) is 11.5. The van der Waals surface area contributed by atoms with E-state index in [0.29, 0.717) is 0 Å². The second-order valence-corrected chi connectivity index (χ2v) is 6.77. The summed E-state index contributed by atoms with van der Waals surface area (Å²) in [5.74, 6) is 0. The molecule has 0 aliphatic carbocycles. The van der Waals surface area contributed by atoms with Gasteiger partial charge >= 0.3 is 0 Å². The average Bonchev–Trinajstić information content (AvgIpc) is 3.03. The highest BCUT2D eigenvalue weighted by Gasteiger charge is 2.18. The molecule has 3 aromatic heterocycles. The van der Waals surface area contributed by atoms with Crippen molar-refractivity contribution < 1.29 is 0 Å². The maximum absolute atomic E-state index is 4.89. The molecular formula is C20H12IN3. The maximum Gasteiger partial charge on any atom is 0.148 e. The second kappa shape index (κ2) is 5.27. The number of para-hydroxylation sites is 2. The first-order chi connectivity index (χ1) is 11.8. The van der Waals surface area contributed by atoms with Crippen LogP contribution in [-0.2, 0) is 0 Å². The number of benzene rings is 2. The molecule has 5 aromatic rings. The van der Waals surface area contributed by atoms with E-state index >= 15 is 0 Å². The van der Waals surface area contributed by atoms with Gasteiger partial charge in [0.15, 0.2) is 0 Å². The molecule has 0 radical (unpaired) electrons. The van der Waals surface area contributed by atoms with E-state index in [2.05, 4.69) is 80.5 Å². The Balaban J connectivity index is 2.11. The Hall–Kier alpha value is -2.47. The van der Waals surface area contributed by atoms with Gasteiger partial charge in [-0.05, 0) is 52.4 Å². The Morgan fingerprint density at radius 1 is 0.833 bits per heavy atom. The van der Waals surface area contributed by atoms with Crippen molar-refractivity contribution >= 4 is 50.2 Å². The third kappa shape index (κ3) is 1.89. The van der Waals surface area contributed by atoms with E-state index in [9.17, 15) is 0 Å². The van der Waals surface area contributed by atoms with Crippen LogP contribution < -0.4 is 0 Å². The van der Waals surface area contributed by atoms with E-state index in [1.54, 1.807) is 0 Å². The summed E-state index contributed by atoms with van der Waals surface area (Å²) < 4.78 is 3.40. The summed E-state index contributed by atoms with van der Waals surface area (Å²) in [7, 11) is 0. The largest absolute Gasteiger partial charge is 0.291 e. The predicted molar refractivity (Wildman–Crippen MR) is 106 cm³/mol. The molecule has 0 bridgehead atoms. The molecule has 0 atom stereocenters. The van der Waals surface area contributed by atoms with Crippen LogP contribution in [0.2, 0.25) is 0 Å². The molecule has 0 fully saturated rings. The molecule has 114 valence electrons. The third-order valence-corrected chi connectivity index (χ3v) is 5.32. The van der Waals surface area contributed by atoms with E-state index < -0.39 is 0 Å². The molecule has 0 aliphatic heterocycles. The molecule has 0 aliphatic rings. The summed E-state index contributed by atoms with van der Waals surface area (Å²) in [5.41, 5.74) is 6.39. The van der Waals surface area contributed by atoms with Crippen molar-refractivity contribution in [2.75, 3.05) is 0 Å². The minimum Gasteiger partial charge on any atom is -0.291 e. The van der Waals surface area contributed by atoms with Crippen LogP contribution in [0.15, 0.2) is 72.9 Å². The molecule has 3 nitrogen and oxygen atoms in total. The number of nitrogens with zero attached hydrogens (tertiary/aromatic N) is 3. The lowest BCUT2D eigenvalue weighted by Gasteiger charge is -2.12. The zero-order chi connectivity index (χ0) is 16.1. The van der Waals surface area contributed by atoms with Crippen LogP contribution in [0.25, 0.3) is 38.8 Å². The van der Waals surface area contributed by atoms with Gasteiger partial charge in [-0.2, -0.15) is 0 Å². The summed E-state index contributed by atoms with van der Waals surface area (Å²) in [6.45, 7) is 0. The number of hydrogen-bond donors (Lipinski definition) is 0. The Bertz CT molecular complexity index is 1210. The number of pyridine rings is 2. The van der Waals surface area contributed by atoms with Crippen LogP contribution in [0, 0.1) is 3.57 Å². The first kappa shape index (κ1) is 13.9. The minimum atomic E-state index is 0.957. The topological polar surface area (TPSA) is 30.2 Å². The fraction of sp³-hybridized carbons (Fsp3) is 0. The summed E-state index contributed by atoms with van der Waals surface area (Å²) in [6, 6.07) is 22.8. The van der Waals surface area contributed by atoms with Gasteiger partial charge in [-0.25, -0.2) is 4.98 Å². The predicted octanol–water partition coefficient (Wildman–Crippen LogP) is 5.31. The minimum absolute atomic E-state index is 0.957. The van der Waals surface area contributed by atoms with Crippen molar-refractivity contribution in [1.82, 2.24) is 14.4 Å². The van der Waals surface area contributed by atoms with Crippen LogP contribution in [0.5, 0.6) is 0 Å². The number of hydrogen-bond acceptors (Lipinski definition) is 2. The molecule has 5 rings (SSSR count). The van der Waals surface area contributed by atoms with Crippen LogP contribution in [0.4, 0.5) is 0 Å². The van der Waals surface area contributed by atoms with Crippen molar-refractivity contribution in [1.29, 1.82) is 0 Å². The maximum atomic E-state index is 4.89. The Labute approximate surface area is 152 Å². The van der Waals surface area contributed by atoms with Crippen LogP contribution in [0.1, 0.15) is 0 Å². The standard InChI is InChI=1S/C20H12IN3/c21-17-18-14(9-6-12-22-18)20-23-15-10-4-5-11-16(15)24(20)19(17)13-7-2-1-3-8-13/h1-12H. The Morgan fingerprint density at radius 3 is 2.50 bits per heavy atom. The quantitative estimate of drug-likeness (QED) is 0.344. The van der Waals surface area contributed by atoms with Gasteiger partial charge in [0.05, 0.1) is 25.8 Å². The highest BCUT2D eigenvalue weighted by molar-refractivity contribution is 14.1. The molecule has 0 N–H and O–H groups in total. The summed E-state index contributed by atoms with van der Waals surface area (Å²) >= 11 is 2.41. The van der Waals surface area contributed by atoms with Crippen molar-refractivity contribution in [3.63, 3.8) is 0 Å². The lowest BCUT2D eigenvalue weighted by Crippen LogP contribution is -1.99. The molecule has 3 heterocycles. The monoisotopic (exact) mass is 421 g/mol. The van der Waals surface area contributed by atoms with Gasteiger partial charge < -0.3 is 0 Å². The number of aromatic nitrogens is 3. The van der Waals surface area contributed by atoms with Gasteiger partial charge in [0.25, 0.3) is 0 Å². The number of fused-ring (bicyclic) bond motifs is 5. The number of rotatable bonds is 1. The van der Waals surface area contributed by atoms with Crippen molar-refractivity contribution in [2.45, 2.75) is 0 Å². The van der Waals surface area contributed by atoms with Crippen LogP contribution in [0.3, 0.4) is 0 Å². The molecule has 4 heteroatoms. The fourth-order valence-corrected chi connectivity index (χ4v) is 4.24. The highest BCUT2D eigenvalue weighted by atomic mass is 127. The number of imidazole rings is 1. The van der Waals surface area contributed by atoms with E-state index in [1.807, 2.05) is 24.4 Å². The molecular weight excluding hydrogens is 409 g/mol. The molecule has 2 aromatic carbocycles. The van der Waals surface area contributed by atoms with E-state index in [0.717, 1.165) is 36.8 Å². The van der Waals surface area contributed by atoms with Crippen molar-refractivity contribution in [3.05, 3.63) is 76.5 Å². The van der Waals surface area contributed by atoms with Crippen LogP contribution >= 0.6 is 22.6 Å². The molecule has 0 unspecified atom stereocenters. The zero-order valence-electron chi connectivity index (χ0n) is 12.6. The smallest absolute Gasteiger partial charge is 0.148 e. The molecule has 0 saturated carbocycles. The summed E-state index contributed by atoms with van der Waals surface area (Å²) in [6.07, 6.45) is 1.85. The third-order valence-electron chi connectivity index (χ3n) is 4.30. The van der Waals surface area contributed by atoms with E-state index in [4.69, 9.17) is 4.98 Å². The molecule has 24 heavy (non-hydrogen) atoms. The molecule has 0 spiro atoms. The van der Waals surface area contributed by atoms with Crippen molar-refractivity contribution in [2.24, 2.45) is 0 Å². The lowest BCUT2D eigenvalue weighted by atomic mass is 10.1. The van der Waals surface area contributed by atoms with Gasteiger partial charge in [-0.3, -0.25) is 9.38 Å². The first-order valence-electron chi connectivity index (χ1n) is 7.73. The second-order valence-electron chi connectivity index (χ2n) is 5.69. The fourth-order valence-electron chi connectivity index (χ4n) is 3.26. The first-order valence-corrected chi connectivity index (χ1v) is 8.81. The lowest BCUT2D eigenvalue weighted by molar-refractivity contribution is 1.22. The number of halogens is 1. The average molecular weight is 421 g/mol. The van der Waals surface area contributed by atoms with E-state index in [-0.39, 0.29) is 0 Å². The van der Waals surface area contributed by atoms with Crippen molar-refractivity contribution in [3.8, 4) is 11.3 Å². The van der Waals surface area contributed by atoms with E-state index in [1.165, 1.54) is 5.56 Å². The van der Waals surface area contributed by atoms with Gasteiger partial charge in [-0.1, -0.05) is 42.5 Å². The van der Waals surface area contributed by atoms with Gasteiger partial charge in [0.1, 0.15) is 5.65 Å². The van der Waals surface area contributed by atoms with Gasteiger partial charge in [0, 0.05) is 11.6 Å². The van der Waals surface area contributed by atoms with Crippen LogP contribution in [-0.4, -0.2) is 14.4 Å². The Morgan fingerprint density at radius 2 is 1.62 bits per heavy atom. The molecule has 0 saturated heterocycles. The zero-order valence-corrected chi connectivity index (χ0v) is 14.8. The highest BCUT2D eigenvalue weighted by Crippen LogP contribution is 2.35. The van der Waals surface area contributed by atoms with Gasteiger partial charge in [-0.15, -0.1) is 0 Å². The Kier molecular flexibility index (Phi) is 3.06. The summed E-state index contributed by atoms with van der Waals surface area (Å²) in [4.78, 5) is 9.52. The SMILES string of the molecule is Ic1c(-c2ccccc2)n2c3ccccc3nc2c2cccnc12. The summed E-state index contributed by atoms with van der Waals surface area (Å²) in [5, 5.41) is 1.08.